The molecule has 0 radical (unpaired) electrons. The zero-order valence-corrected chi connectivity index (χ0v) is 14.4. The number of hydrogen-bond donors (Lipinski definition) is 1. The SMILES string of the molecule is CCOc1ccccc1CN1CCC[C@@H](c2ccn(CCO)n2)C1. The van der Waals surface area contributed by atoms with Crippen LogP contribution in [0.1, 0.15) is 36.9 Å². The van der Waals surface area contributed by atoms with Gasteiger partial charge in [-0.2, -0.15) is 5.10 Å². The fourth-order valence-electron chi connectivity index (χ4n) is 3.43. The molecule has 1 aliphatic heterocycles. The van der Waals surface area contributed by atoms with E-state index in [0.29, 0.717) is 19.1 Å². The number of aromatic nitrogens is 2. The summed E-state index contributed by atoms with van der Waals surface area (Å²) in [4.78, 5) is 2.50. The van der Waals surface area contributed by atoms with Gasteiger partial charge in [-0.1, -0.05) is 18.2 Å². The van der Waals surface area contributed by atoms with E-state index >= 15 is 0 Å². The summed E-state index contributed by atoms with van der Waals surface area (Å²) < 4.78 is 7.59. The predicted octanol–water partition coefficient (Wildman–Crippen LogP) is 2.65. The van der Waals surface area contributed by atoms with Crippen molar-refractivity contribution in [3.8, 4) is 5.75 Å². The first-order valence-electron chi connectivity index (χ1n) is 8.87. The lowest BCUT2D eigenvalue weighted by Crippen LogP contribution is -2.34. The monoisotopic (exact) mass is 329 g/mol. The van der Waals surface area contributed by atoms with Crippen LogP contribution in [0, 0.1) is 0 Å². The lowest BCUT2D eigenvalue weighted by molar-refractivity contribution is 0.194. The van der Waals surface area contributed by atoms with E-state index in [4.69, 9.17) is 9.84 Å². The molecule has 0 saturated carbocycles. The highest BCUT2D eigenvalue weighted by Crippen LogP contribution is 2.28. The lowest BCUT2D eigenvalue weighted by Gasteiger charge is -2.32. The molecule has 24 heavy (non-hydrogen) atoms. The minimum atomic E-state index is 0.131. The predicted molar refractivity (Wildman–Crippen MR) is 94.2 cm³/mol. The van der Waals surface area contributed by atoms with Crippen LogP contribution in [-0.2, 0) is 13.1 Å². The van der Waals surface area contributed by atoms with Crippen LogP contribution in [0.2, 0.25) is 0 Å². The summed E-state index contributed by atoms with van der Waals surface area (Å²) in [6, 6.07) is 10.4. The van der Waals surface area contributed by atoms with Crippen LogP contribution in [0.5, 0.6) is 5.75 Å². The minimum absolute atomic E-state index is 0.131. The van der Waals surface area contributed by atoms with Crippen LogP contribution < -0.4 is 4.74 Å². The molecule has 1 aromatic carbocycles. The molecule has 2 aromatic rings. The highest BCUT2D eigenvalue weighted by atomic mass is 16.5. The van der Waals surface area contributed by atoms with E-state index in [1.54, 1.807) is 0 Å². The first-order valence-corrected chi connectivity index (χ1v) is 8.87. The molecule has 1 fully saturated rings. The molecule has 0 spiro atoms. The normalized spacial score (nSPS) is 18.7. The third-order valence-corrected chi connectivity index (χ3v) is 4.58. The highest BCUT2D eigenvalue weighted by Gasteiger charge is 2.23. The topological polar surface area (TPSA) is 50.5 Å². The van der Waals surface area contributed by atoms with Gasteiger partial charge >= 0.3 is 0 Å². The Hall–Kier alpha value is -1.85. The molecule has 130 valence electrons. The number of rotatable bonds is 7. The third-order valence-electron chi connectivity index (χ3n) is 4.58. The zero-order valence-electron chi connectivity index (χ0n) is 14.4. The van der Waals surface area contributed by atoms with E-state index in [9.17, 15) is 0 Å². The van der Waals surface area contributed by atoms with Gasteiger partial charge in [-0.25, -0.2) is 0 Å². The standard InChI is InChI=1S/C19H27N3O2/c1-2-24-19-8-4-3-6-17(19)15-21-10-5-7-16(14-21)18-9-11-22(20-18)12-13-23/h3-4,6,8-9,11,16,23H,2,5,7,10,12-15H2,1H3/t16-/m1/s1. The summed E-state index contributed by atoms with van der Waals surface area (Å²) in [7, 11) is 0. The molecule has 5 nitrogen and oxygen atoms in total. The van der Waals surface area contributed by atoms with Crippen LogP contribution in [0.25, 0.3) is 0 Å². The fraction of sp³-hybridized carbons (Fsp3) is 0.526. The maximum absolute atomic E-state index is 9.03. The van der Waals surface area contributed by atoms with Crippen molar-refractivity contribution < 1.29 is 9.84 Å². The van der Waals surface area contributed by atoms with Gasteiger partial charge in [0.05, 0.1) is 25.5 Å². The number of likely N-dealkylation sites (tertiary alicyclic amines) is 1. The molecule has 2 heterocycles. The second-order valence-corrected chi connectivity index (χ2v) is 6.34. The molecule has 0 bridgehead atoms. The quantitative estimate of drug-likeness (QED) is 0.848. The summed E-state index contributed by atoms with van der Waals surface area (Å²) in [5.41, 5.74) is 2.40. The number of aliphatic hydroxyl groups excluding tert-OH is 1. The Morgan fingerprint density at radius 1 is 1.29 bits per heavy atom. The van der Waals surface area contributed by atoms with Crippen molar-refractivity contribution in [1.29, 1.82) is 0 Å². The summed E-state index contributed by atoms with van der Waals surface area (Å²) >= 11 is 0. The molecular weight excluding hydrogens is 302 g/mol. The minimum Gasteiger partial charge on any atom is -0.494 e. The van der Waals surface area contributed by atoms with Gasteiger partial charge in [0.25, 0.3) is 0 Å². The lowest BCUT2D eigenvalue weighted by atomic mass is 9.94. The molecule has 1 N–H and O–H groups in total. The van der Waals surface area contributed by atoms with Crippen molar-refractivity contribution in [3.05, 3.63) is 47.8 Å². The average molecular weight is 329 g/mol. The van der Waals surface area contributed by atoms with Crippen LogP contribution in [0.4, 0.5) is 0 Å². The van der Waals surface area contributed by atoms with Crippen LogP contribution >= 0.6 is 0 Å². The van der Waals surface area contributed by atoms with Gasteiger partial charge in [-0.15, -0.1) is 0 Å². The Balaban J connectivity index is 1.65. The molecular formula is C19H27N3O2. The van der Waals surface area contributed by atoms with E-state index in [1.165, 1.54) is 18.4 Å². The summed E-state index contributed by atoms with van der Waals surface area (Å²) in [6.45, 7) is 6.48. The second-order valence-electron chi connectivity index (χ2n) is 6.34. The first kappa shape index (κ1) is 17.0. The van der Waals surface area contributed by atoms with Gasteiger partial charge in [-0.05, 0) is 38.4 Å². The molecule has 5 heteroatoms. The van der Waals surface area contributed by atoms with E-state index in [1.807, 2.05) is 23.9 Å². The molecule has 1 saturated heterocycles. The number of benzene rings is 1. The molecule has 0 aliphatic carbocycles. The van der Waals surface area contributed by atoms with E-state index in [2.05, 4.69) is 34.3 Å². The van der Waals surface area contributed by atoms with E-state index in [-0.39, 0.29) is 6.61 Å². The second kappa shape index (κ2) is 8.31. The molecule has 1 atom stereocenters. The van der Waals surface area contributed by atoms with Gasteiger partial charge < -0.3 is 9.84 Å². The number of ether oxygens (including phenoxy) is 1. The van der Waals surface area contributed by atoms with Crippen molar-refractivity contribution in [2.45, 2.75) is 38.8 Å². The van der Waals surface area contributed by atoms with Gasteiger partial charge in [0.1, 0.15) is 5.75 Å². The maximum atomic E-state index is 9.03. The van der Waals surface area contributed by atoms with Crippen molar-refractivity contribution in [2.75, 3.05) is 26.3 Å². The van der Waals surface area contributed by atoms with E-state index < -0.39 is 0 Å². The van der Waals surface area contributed by atoms with Crippen molar-refractivity contribution in [2.24, 2.45) is 0 Å². The summed E-state index contributed by atoms with van der Waals surface area (Å²) in [6.07, 6.45) is 4.34. The smallest absolute Gasteiger partial charge is 0.123 e. The molecule has 1 aliphatic rings. The summed E-state index contributed by atoms with van der Waals surface area (Å²) in [5.74, 6) is 1.47. The number of para-hydroxylation sites is 1. The Bertz CT molecular complexity index is 641. The van der Waals surface area contributed by atoms with Crippen molar-refractivity contribution >= 4 is 0 Å². The summed E-state index contributed by atoms with van der Waals surface area (Å²) in [5, 5.41) is 13.7. The molecule has 0 unspecified atom stereocenters. The number of piperidine rings is 1. The van der Waals surface area contributed by atoms with Crippen LogP contribution in [0.3, 0.4) is 0 Å². The number of hydrogen-bond acceptors (Lipinski definition) is 4. The molecule has 1 aromatic heterocycles. The largest absolute Gasteiger partial charge is 0.494 e. The molecule has 3 rings (SSSR count). The van der Waals surface area contributed by atoms with Crippen molar-refractivity contribution in [1.82, 2.24) is 14.7 Å². The third kappa shape index (κ3) is 4.16. The highest BCUT2D eigenvalue weighted by molar-refractivity contribution is 5.33. The Morgan fingerprint density at radius 3 is 3.00 bits per heavy atom. The number of aliphatic hydroxyl groups is 1. The van der Waals surface area contributed by atoms with Crippen LogP contribution in [-0.4, -0.2) is 46.1 Å². The van der Waals surface area contributed by atoms with Gasteiger partial charge in [0.15, 0.2) is 0 Å². The Kier molecular flexibility index (Phi) is 5.88. The van der Waals surface area contributed by atoms with Gasteiger partial charge in [0.2, 0.25) is 0 Å². The van der Waals surface area contributed by atoms with Gasteiger partial charge in [-0.3, -0.25) is 9.58 Å². The van der Waals surface area contributed by atoms with Crippen molar-refractivity contribution in [3.63, 3.8) is 0 Å². The Morgan fingerprint density at radius 2 is 2.17 bits per heavy atom. The fourth-order valence-corrected chi connectivity index (χ4v) is 3.43. The zero-order chi connectivity index (χ0) is 16.8. The average Bonchev–Trinajstić information content (AvgIpc) is 3.06. The first-order chi connectivity index (χ1) is 11.8. The Labute approximate surface area is 143 Å². The molecule has 0 amide bonds. The van der Waals surface area contributed by atoms with E-state index in [0.717, 1.165) is 31.1 Å². The number of nitrogens with zero attached hydrogens (tertiary/aromatic N) is 3. The van der Waals surface area contributed by atoms with Crippen LogP contribution in [0.15, 0.2) is 36.5 Å². The van der Waals surface area contributed by atoms with Gasteiger partial charge in [0, 0.05) is 30.8 Å². The maximum Gasteiger partial charge on any atom is 0.123 e.